The van der Waals surface area contributed by atoms with Gasteiger partial charge in [0.1, 0.15) is 0 Å². The first-order valence-corrected chi connectivity index (χ1v) is 1.99. The Morgan fingerprint density at radius 1 is 1.17 bits per heavy atom. The van der Waals surface area contributed by atoms with E-state index in [1.165, 1.54) is 0 Å². The molecule has 6 heavy (non-hydrogen) atoms. The Hall–Kier alpha value is 1.01. The van der Waals surface area contributed by atoms with Gasteiger partial charge in [-0.05, 0) is 13.8 Å². The maximum atomic E-state index is 4.83. The molecule has 0 saturated heterocycles. The topological polar surface area (TPSA) is 9.23 Å². The average molecular weight is 312 g/mol. The van der Waals surface area contributed by atoms with Crippen molar-refractivity contribution >= 4 is 0 Å². The van der Waals surface area contributed by atoms with Crippen LogP contribution in [-0.2, 0) is 4.74 Å². The predicted octanol–water partition coefficient (Wildman–Crippen LogP) is 1.04. The maximum absolute atomic E-state index is 4.83. The molecule has 0 aliphatic heterocycles. The van der Waals surface area contributed by atoms with Crippen LogP contribution in [0.2, 0.25) is 0 Å². The molecule has 0 rings (SSSR count). The van der Waals surface area contributed by atoms with Gasteiger partial charge in [-0.15, -0.1) is 0 Å². The molecular formula is C4H10OU. The first-order chi connectivity index (χ1) is 2.41. The molecule has 0 saturated carbocycles. The van der Waals surface area contributed by atoms with Gasteiger partial charge in [-0.25, -0.2) is 0 Å². The first-order valence-electron chi connectivity index (χ1n) is 1.99. The summed E-state index contributed by atoms with van der Waals surface area (Å²) >= 11 is 0. The molecule has 36 valence electrons. The molecule has 0 radical (unpaired) electrons. The second-order valence-electron chi connectivity index (χ2n) is 0.781. The standard InChI is InChI=1S/C4H10O.U/c1-3-5-4-2;/h3-4H2,1-2H3;. The van der Waals surface area contributed by atoms with E-state index >= 15 is 0 Å². The van der Waals surface area contributed by atoms with E-state index in [0.717, 1.165) is 13.2 Å². The van der Waals surface area contributed by atoms with Gasteiger partial charge in [-0.2, -0.15) is 0 Å². The van der Waals surface area contributed by atoms with E-state index in [0.29, 0.717) is 0 Å². The third-order valence-electron chi connectivity index (χ3n) is 0.408. The van der Waals surface area contributed by atoms with Gasteiger partial charge in [0, 0.05) is 44.3 Å². The molecule has 0 unspecified atom stereocenters. The SMILES string of the molecule is CCOCC.[U]. The molecule has 0 amide bonds. The minimum atomic E-state index is 0. The molecule has 0 N–H and O–H groups in total. The van der Waals surface area contributed by atoms with Crippen LogP contribution in [-0.4, -0.2) is 13.2 Å². The molecule has 0 aromatic rings. The molecule has 0 spiro atoms. The van der Waals surface area contributed by atoms with E-state index < -0.39 is 0 Å². The fourth-order valence-electron chi connectivity index (χ4n) is 0.204. The summed E-state index contributed by atoms with van der Waals surface area (Å²) in [5, 5.41) is 0. The van der Waals surface area contributed by atoms with E-state index in [2.05, 4.69) is 0 Å². The van der Waals surface area contributed by atoms with Crippen molar-refractivity contribution in [2.75, 3.05) is 13.2 Å². The summed E-state index contributed by atoms with van der Waals surface area (Å²) in [7, 11) is 0. The summed E-state index contributed by atoms with van der Waals surface area (Å²) < 4.78 is 4.83. The van der Waals surface area contributed by atoms with Crippen LogP contribution in [0.5, 0.6) is 0 Å². The monoisotopic (exact) mass is 312 g/mol. The van der Waals surface area contributed by atoms with Gasteiger partial charge in [0.05, 0.1) is 0 Å². The number of hydrogen-bond acceptors (Lipinski definition) is 1. The van der Waals surface area contributed by atoms with E-state index in [1.54, 1.807) is 0 Å². The third-order valence-corrected chi connectivity index (χ3v) is 0.408. The summed E-state index contributed by atoms with van der Waals surface area (Å²) in [6.45, 7) is 5.67. The molecule has 0 aliphatic carbocycles. The van der Waals surface area contributed by atoms with Gasteiger partial charge in [0.15, 0.2) is 0 Å². The van der Waals surface area contributed by atoms with Gasteiger partial charge < -0.3 is 4.74 Å². The van der Waals surface area contributed by atoms with Gasteiger partial charge in [-0.3, -0.25) is 0 Å². The van der Waals surface area contributed by atoms with Crippen LogP contribution in [0.1, 0.15) is 13.8 Å². The van der Waals surface area contributed by atoms with Crippen LogP contribution in [0.15, 0.2) is 0 Å². The first kappa shape index (κ1) is 10.1. The minimum absolute atomic E-state index is 0. The molecular weight excluding hydrogens is 302 g/mol. The molecule has 1 nitrogen and oxygen atoms in total. The number of hydrogen-bond donors (Lipinski definition) is 0. The quantitative estimate of drug-likeness (QED) is 0.740. The Morgan fingerprint density at radius 2 is 1.50 bits per heavy atom. The molecule has 0 bridgehead atoms. The zero-order valence-electron chi connectivity index (χ0n) is 4.32. The average Bonchev–Trinajstić information content (AvgIpc) is 1.41. The van der Waals surface area contributed by atoms with Gasteiger partial charge in [-0.1, -0.05) is 0 Å². The molecule has 0 aromatic heterocycles. The van der Waals surface area contributed by atoms with E-state index in [-0.39, 0.29) is 31.1 Å². The summed E-state index contributed by atoms with van der Waals surface area (Å²) in [4.78, 5) is 0. The Balaban J connectivity index is 0. The van der Waals surface area contributed by atoms with Crippen molar-refractivity contribution in [1.82, 2.24) is 0 Å². The molecule has 0 atom stereocenters. The Bertz CT molecular complexity index is 15.0. The second kappa shape index (κ2) is 9.38. The van der Waals surface area contributed by atoms with Gasteiger partial charge in [0.2, 0.25) is 0 Å². The zero-order valence-corrected chi connectivity index (χ0v) is 8.49. The molecule has 0 fully saturated rings. The normalized spacial score (nSPS) is 7.00. The van der Waals surface area contributed by atoms with Crippen molar-refractivity contribution in [3.05, 3.63) is 0 Å². The van der Waals surface area contributed by atoms with Crippen molar-refractivity contribution in [1.29, 1.82) is 0 Å². The fourth-order valence-corrected chi connectivity index (χ4v) is 0.204. The van der Waals surface area contributed by atoms with Crippen LogP contribution in [0.4, 0.5) is 0 Å². The maximum Gasteiger partial charge on any atom is 0.0437 e. The summed E-state index contributed by atoms with van der Waals surface area (Å²) in [6, 6.07) is 0. The van der Waals surface area contributed by atoms with Crippen molar-refractivity contribution in [3.8, 4) is 0 Å². The molecule has 0 heterocycles. The van der Waals surface area contributed by atoms with Gasteiger partial charge in [0.25, 0.3) is 0 Å². The number of rotatable bonds is 2. The van der Waals surface area contributed by atoms with E-state index in [4.69, 9.17) is 4.74 Å². The largest absolute Gasteiger partial charge is 0.382 e. The summed E-state index contributed by atoms with van der Waals surface area (Å²) in [6.07, 6.45) is 0. The van der Waals surface area contributed by atoms with Crippen LogP contribution in [0, 0.1) is 31.1 Å². The minimum Gasteiger partial charge on any atom is -0.382 e. The van der Waals surface area contributed by atoms with Gasteiger partial charge >= 0.3 is 0 Å². The molecule has 0 aliphatic rings. The smallest absolute Gasteiger partial charge is 0.0437 e. The zero-order chi connectivity index (χ0) is 4.12. The third kappa shape index (κ3) is 8.89. The molecule has 2 heteroatoms. The van der Waals surface area contributed by atoms with Crippen molar-refractivity contribution in [2.45, 2.75) is 13.8 Å². The van der Waals surface area contributed by atoms with Crippen LogP contribution < -0.4 is 0 Å². The van der Waals surface area contributed by atoms with Crippen molar-refractivity contribution < 1.29 is 35.9 Å². The Morgan fingerprint density at radius 3 is 1.50 bits per heavy atom. The summed E-state index contributed by atoms with van der Waals surface area (Å²) in [5.74, 6) is 0. The van der Waals surface area contributed by atoms with E-state index in [9.17, 15) is 0 Å². The number of ether oxygens (including phenoxy) is 1. The van der Waals surface area contributed by atoms with E-state index in [1.807, 2.05) is 13.8 Å². The second-order valence-corrected chi connectivity index (χ2v) is 0.781. The Kier molecular flexibility index (Phi) is 15.8. The molecule has 0 aromatic carbocycles. The fraction of sp³-hybridized carbons (Fsp3) is 1.00. The van der Waals surface area contributed by atoms with Crippen LogP contribution >= 0.6 is 0 Å². The Labute approximate surface area is 62.8 Å². The van der Waals surface area contributed by atoms with Crippen molar-refractivity contribution in [3.63, 3.8) is 0 Å². The van der Waals surface area contributed by atoms with Crippen LogP contribution in [0.25, 0.3) is 0 Å². The van der Waals surface area contributed by atoms with Crippen molar-refractivity contribution in [2.24, 2.45) is 0 Å². The van der Waals surface area contributed by atoms with Crippen LogP contribution in [0.3, 0.4) is 0 Å². The predicted molar refractivity (Wildman–Crippen MR) is 22.2 cm³/mol. The summed E-state index contributed by atoms with van der Waals surface area (Å²) in [5.41, 5.74) is 0.